The van der Waals surface area contributed by atoms with Gasteiger partial charge in [0.25, 0.3) is 0 Å². The molecule has 1 rings (SSSR count). The van der Waals surface area contributed by atoms with E-state index >= 15 is 0 Å². The van der Waals surface area contributed by atoms with Crippen LogP contribution in [0.5, 0.6) is 5.75 Å². The van der Waals surface area contributed by atoms with Gasteiger partial charge in [-0.3, -0.25) is 0 Å². The number of hydrogen-bond donors (Lipinski definition) is 0. The Labute approximate surface area is 115 Å². The molecule has 0 aromatic heterocycles. The maximum atomic E-state index is 12.1. The number of rotatable bonds is 8. The topological polar surface area (TPSA) is 35.5 Å². The first-order valence-electron chi connectivity index (χ1n) is 7.16. The van der Waals surface area contributed by atoms with Crippen molar-refractivity contribution < 1.29 is 14.3 Å². The molecule has 0 spiro atoms. The van der Waals surface area contributed by atoms with Crippen LogP contribution in [0.2, 0.25) is 0 Å². The zero-order valence-electron chi connectivity index (χ0n) is 12.2. The molecular weight excluding hydrogens is 240 g/mol. The second kappa shape index (κ2) is 8.57. The standard InChI is InChI=1S/C16H24O3/c1-4-7-12-19-16(17)14-10-8-9-13(6-3)15(14)18-11-5-2/h8-10H,4-7,11-12H2,1-3H3. The van der Waals surface area contributed by atoms with Crippen molar-refractivity contribution in [1.82, 2.24) is 0 Å². The number of aryl methyl sites for hydroxylation is 1. The molecule has 0 atom stereocenters. The molecule has 0 saturated heterocycles. The summed E-state index contributed by atoms with van der Waals surface area (Å²) in [4.78, 5) is 12.1. The van der Waals surface area contributed by atoms with Crippen LogP contribution in [0.3, 0.4) is 0 Å². The third kappa shape index (κ3) is 4.58. The van der Waals surface area contributed by atoms with Crippen LogP contribution in [0, 0.1) is 0 Å². The molecule has 19 heavy (non-hydrogen) atoms. The van der Waals surface area contributed by atoms with Crippen molar-refractivity contribution >= 4 is 5.97 Å². The van der Waals surface area contributed by atoms with E-state index in [1.807, 2.05) is 19.1 Å². The molecule has 3 heteroatoms. The van der Waals surface area contributed by atoms with E-state index in [2.05, 4.69) is 13.8 Å². The average Bonchev–Trinajstić information content (AvgIpc) is 2.44. The van der Waals surface area contributed by atoms with Gasteiger partial charge in [-0.15, -0.1) is 0 Å². The molecule has 0 amide bonds. The minimum atomic E-state index is -0.283. The highest BCUT2D eigenvalue weighted by molar-refractivity contribution is 5.93. The third-order valence-corrected chi connectivity index (χ3v) is 2.88. The maximum Gasteiger partial charge on any atom is 0.341 e. The van der Waals surface area contributed by atoms with Gasteiger partial charge in [0.2, 0.25) is 0 Å². The van der Waals surface area contributed by atoms with Crippen molar-refractivity contribution in [2.24, 2.45) is 0 Å². The van der Waals surface area contributed by atoms with Crippen molar-refractivity contribution in [3.63, 3.8) is 0 Å². The predicted octanol–water partition coefficient (Wildman–Crippen LogP) is 3.99. The van der Waals surface area contributed by atoms with E-state index in [1.165, 1.54) is 0 Å². The van der Waals surface area contributed by atoms with E-state index in [4.69, 9.17) is 9.47 Å². The van der Waals surface area contributed by atoms with Crippen LogP contribution in [0.15, 0.2) is 18.2 Å². The van der Waals surface area contributed by atoms with E-state index in [0.29, 0.717) is 24.5 Å². The normalized spacial score (nSPS) is 10.3. The molecule has 0 aliphatic rings. The first-order chi connectivity index (χ1) is 9.24. The molecule has 0 saturated carbocycles. The lowest BCUT2D eigenvalue weighted by atomic mass is 10.1. The van der Waals surface area contributed by atoms with Crippen LogP contribution in [0.1, 0.15) is 56.0 Å². The fourth-order valence-corrected chi connectivity index (χ4v) is 1.79. The molecule has 0 bridgehead atoms. The molecule has 0 fully saturated rings. The molecule has 1 aromatic rings. The van der Waals surface area contributed by atoms with Gasteiger partial charge in [-0.05, 0) is 30.9 Å². The highest BCUT2D eigenvalue weighted by Gasteiger charge is 2.16. The molecule has 1 aromatic carbocycles. The summed E-state index contributed by atoms with van der Waals surface area (Å²) in [5, 5.41) is 0. The second-order valence-electron chi connectivity index (χ2n) is 4.49. The van der Waals surface area contributed by atoms with Crippen molar-refractivity contribution in [1.29, 1.82) is 0 Å². The number of esters is 1. The van der Waals surface area contributed by atoms with E-state index < -0.39 is 0 Å². The largest absolute Gasteiger partial charge is 0.492 e. The Balaban J connectivity index is 2.88. The van der Waals surface area contributed by atoms with Crippen molar-refractivity contribution in [3.8, 4) is 5.75 Å². The average molecular weight is 264 g/mol. The van der Waals surface area contributed by atoms with E-state index in [0.717, 1.165) is 31.2 Å². The summed E-state index contributed by atoms with van der Waals surface area (Å²) in [5.74, 6) is 0.406. The van der Waals surface area contributed by atoms with E-state index in [-0.39, 0.29) is 5.97 Å². The molecule has 0 radical (unpaired) electrons. The van der Waals surface area contributed by atoms with Gasteiger partial charge in [-0.2, -0.15) is 0 Å². The highest BCUT2D eigenvalue weighted by Crippen LogP contribution is 2.25. The summed E-state index contributed by atoms with van der Waals surface area (Å²) in [7, 11) is 0. The molecule has 0 N–H and O–H groups in total. The quantitative estimate of drug-likeness (QED) is 0.526. The molecule has 3 nitrogen and oxygen atoms in total. The smallest absolute Gasteiger partial charge is 0.341 e. The first kappa shape index (κ1) is 15.5. The zero-order chi connectivity index (χ0) is 14.1. The lowest BCUT2D eigenvalue weighted by Crippen LogP contribution is -2.11. The maximum absolute atomic E-state index is 12.1. The summed E-state index contributed by atoms with van der Waals surface area (Å²) in [6, 6.07) is 5.65. The SMILES string of the molecule is CCCCOC(=O)c1cccc(CC)c1OCCC. The van der Waals surface area contributed by atoms with Gasteiger partial charge in [-0.25, -0.2) is 4.79 Å². The lowest BCUT2D eigenvalue weighted by molar-refractivity contribution is 0.0495. The fourth-order valence-electron chi connectivity index (χ4n) is 1.79. The van der Waals surface area contributed by atoms with Crippen molar-refractivity contribution in [2.75, 3.05) is 13.2 Å². The molecule has 0 unspecified atom stereocenters. The Kier molecular flexibility index (Phi) is 7.01. The first-order valence-corrected chi connectivity index (χ1v) is 7.16. The summed E-state index contributed by atoms with van der Waals surface area (Å²) < 4.78 is 11.0. The minimum absolute atomic E-state index is 0.283. The second-order valence-corrected chi connectivity index (χ2v) is 4.49. The van der Waals surface area contributed by atoms with E-state index in [1.54, 1.807) is 6.07 Å². The van der Waals surface area contributed by atoms with Crippen LogP contribution in [0.25, 0.3) is 0 Å². The Morgan fingerprint density at radius 2 is 1.89 bits per heavy atom. The number of unbranched alkanes of at least 4 members (excludes halogenated alkanes) is 1. The molecule has 0 aliphatic heterocycles. The summed E-state index contributed by atoms with van der Waals surface area (Å²) in [6.45, 7) is 7.26. The molecule has 0 aliphatic carbocycles. The van der Waals surface area contributed by atoms with Crippen LogP contribution < -0.4 is 4.74 Å². The fraction of sp³-hybridized carbons (Fsp3) is 0.562. The third-order valence-electron chi connectivity index (χ3n) is 2.88. The molecule has 106 valence electrons. The Bertz CT molecular complexity index is 399. The highest BCUT2D eigenvalue weighted by atomic mass is 16.5. The van der Waals surface area contributed by atoms with Crippen LogP contribution in [0.4, 0.5) is 0 Å². The summed E-state index contributed by atoms with van der Waals surface area (Å²) >= 11 is 0. The minimum Gasteiger partial charge on any atom is -0.492 e. The zero-order valence-corrected chi connectivity index (χ0v) is 12.2. The summed E-state index contributed by atoms with van der Waals surface area (Å²) in [5.41, 5.74) is 1.60. The number of hydrogen-bond acceptors (Lipinski definition) is 3. The Morgan fingerprint density at radius 1 is 1.11 bits per heavy atom. The molecule has 0 heterocycles. The predicted molar refractivity (Wildman–Crippen MR) is 76.8 cm³/mol. The number of ether oxygens (including phenoxy) is 2. The number of benzene rings is 1. The van der Waals surface area contributed by atoms with Crippen molar-refractivity contribution in [2.45, 2.75) is 46.5 Å². The summed E-state index contributed by atoms with van der Waals surface area (Å²) in [6.07, 6.45) is 3.67. The van der Waals surface area contributed by atoms with Gasteiger partial charge < -0.3 is 9.47 Å². The lowest BCUT2D eigenvalue weighted by Gasteiger charge is -2.14. The number of carbonyl (C=O) groups is 1. The van der Waals surface area contributed by atoms with Crippen LogP contribution in [-0.2, 0) is 11.2 Å². The van der Waals surface area contributed by atoms with Gasteiger partial charge in [0.15, 0.2) is 0 Å². The van der Waals surface area contributed by atoms with Gasteiger partial charge >= 0.3 is 5.97 Å². The Morgan fingerprint density at radius 3 is 2.53 bits per heavy atom. The van der Waals surface area contributed by atoms with Gasteiger partial charge in [0.05, 0.1) is 13.2 Å². The molecular formula is C16H24O3. The van der Waals surface area contributed by atoms with Crippen LogP contribution >= 0.6 is 0 Å². The Hall–Kier alpha value is -1.51. The van der Waals surface area contributed by atoms with Crippen molar-refractivity contribution in [3.05, 3.63) is 29.3 Å². The number of para-hydroxylation sites is 1. The monoisotopic (exact) mass is 264 g/mol. The van der Waals surface area contributed by atoms with Gasteiger partial charge in [-0.1, -0.05) is 39.3 Å². The number of carbonyl (C=O) groups excluding carboxylic acids is 1. The van der Waals surface area contributed by atoms with Gasteiger partial charge in [0.1, 0.15) is 11.3 Å². The van der Waals surface area contributed by atoms with E-state index in [9.17, 15) is 4.79 Å². The van der Waals surface area contributed by atoms with Crippen LogP contribution in [-0.4, -0.2) is 19.2 Å². The van der Waals surface area contributed by atoms with Gasteiger partial charge in [0, 0.05) is 0 Å².